The van der Waals surface area contributed by atoms with E-state index in [0.29, 0.717) is 23.0 Å². The topological polar surface area (TPSA) is 79.8 Å². The Morgan fingerprint density at radius 2 is 1.79 bits per heavy atom. The van der Waals surface area contributed by atoms with E-state index in [0.717, 1.165) is 23.9 Å². The number of hydrogen-bond acceptors (Lipinski definition) is 5. The molecule has 1 amide bonds. The Hall–Kier alpha value is -3.80. The molecule has 0 fully saturated rings. The van der Waals surface area contributed by atoms with Gasteiger partial charge < -0.3 is 10.6 Å². The van der Waals surface area contributed by atoms with E-state index in [2.05, 4.69) is 37.7 Å². The highest BCUT2D eigenvalue weighted by Gasteiger charge is 2.13. The van der Waals surface area contributed by atoms with Crippen molar-refractivity contribution >= 4 is 28.3 Å². The molecule has 6 nitrogen and oxygen atoms in total. The molecule has 0 bridgehead atoms. The van der Waals surface area contributed by atoms with Crippen LogP contribution in [0.5, 0.6) is 0 Å². The van der Waals surface area contributed by atoms with Gasteiger partial charge in [0.15, 0.2) is 0 Å². The van der Waals surface area contributed by atoms with Crippen LogP contribution in [0.4, 0.5) is 11.5 Å². The number of carbonyl (C=O) groups is 1. The average molecular weight is 383 g/mol. The quantitative estimate of drug-likeness (QED) is 0.521. The number of aryl methyl sites for hydroxylation is 1. The summed E-state index contributed by atoms with van der Waals surface area (Å²) in [4.78, 5) is 25.9. The maximum atomic E-state index is 12.8. The molecule has 0 aliphatic heterocycles. The maximum absolute atomic E-state index is 12.8. The number of benzene rings is 2. The Morgan fingerprint density at radius 3 is 2.66 bits per heavy atom. The van der Waals surface area contributed by atoms with Crippen molar-refractivity contribution in [1.29, 1.82) is 0 Å². The molecular weight excluding hydrogens is 362 g/mol. The lowest BCUT2D eigenvalue weighted by atomic mass is 10.1. The van der Waals surface area contributed by atoms with Crippen molar-refractivity contribution in [1.82, 2.24) is 15.0 Å². The van der Waals surface area contributed by atoms with Gasteiger partial charge in [0.2, 0.25) is 0 Å². The van der Waals surface area contributed by atoms with Crippen LogP contribution < -0.4 is 10.6 Å². The first-order chi connectivity index (χ1) is 14.2. The molecule has 0 aliphatic carbocycles. The van der Waals surface area contributed by atoms with Gasteiger partial charge in [-0.2, -0.15) is 0 Å². The predicted molar refractivity (Wildman–Crippen MR) is 115 cm³/mol. The molecule has 0 atom stereocenters. The Bertz CT molecular complexity index is 1140. The first-order valence-electron chi connectivity index (χ1n) is 9.47. The number of nitrogens with one attached hydrogen (secondary N) is 2. The second-order valence-electron chi connectivity index (χ2n) is 6.68. The minimum atomic E-state index is -0.292. The van der Waals surface area contributed by atoms with Crippen molar-refractivity contribution in [2.75, 3.05) is 17.2 Å². The van der Waals surface area contributed by atoms with Crippen LogP contribution in [0, 0.1) is 6.92 Å². The van der Waals surface area contributed by atoms with Crippen LogP contribution in [-0.2, 0) is 6.42 Å². The predicted octanol–water partition coefficient (Wildman–Crippen LogP) is 4.24. The lowest BCUT2D eigenvalue weighted by Crippen LogP contribution is -2.16. The summed E-state index contributed by atoms with van der Waals surface area (Å²) < 4.78 is 0. The van der Waals surface area contributed by atoms with E-state index >= 15 is 0 Å². The first kappa shape index (κ1) is 18.6. The van der Waals surface area contributed by atoms with Crippen molar-refractivity contribution in [3.8, 4) is 0 Å². The highest BCUT2D eigenvalue weighted by atomic mass is 16.1. The number of nitrogens with zero attached hydrogens (tertiary/aromatic N) is 3. The van der Waals surface area contributed by atoms with E-state index in [1.54, 1.807) is 19.2 Å². The molecule has 0 saturated heterocycles. The summed E-state index contributed by atoms with van der Waals surface area (Å²) in [5.74, 6) is 0.880. The minimum absolute atomic E-state index is 0.292. The molecule has 2 N–H and O–H groups in total. The monoisotopic (exact) mass is 383 g/mol. The van der Waals surface area contributed by atoms with Crippen molar-refractivity contribution in [2.24, 2.45) is 0 Å². The summed E-state index contributed by atoms with van der Waals surface area (Å²) in [6.45, 7) is 2.49. The maximum Gasteiger partial charge on any atom is 0.274 e. The fourth-order valence-corrected chi connectivity index (χ4v) is 3.15. The molecule has 2 aromatic carbocycles. The third kappa shape index (κ3) is 4.55. The van der Waals surface area contributed by atoms with Crippen LogP contribution in [0.25, 0.3) is 10.9 Å². The lowest BCUT2D eigenvalue weighted by molar-refractivity contribution is 0.102. The molecule has 0 saturated carbocycles. The normalized spacial score (nSPS) is 10.7. The zero-order chi connectivity index (χ0) is 20.1. The van der Waals surface area contributed by atoms with Gasteiger partial charge in [0.25, 0.3) is 5.91 Å². The molecular formula is C23H21N5O. The van der Waals surface area contributed by atoms with Gasteiger partial charge in [-0.05, 0) is 31.0 Å². The zero-order valence-corrected chi connectivity index (χ0v) is 16.1. The lowest BCUT2D eigenvalue weighted by Gasteiger charge is -2.10. The van der Waals surface area contributed by atoms with Crippen molar-refractivity contribution in [3.05, 3.63) is 90.0 Å². The Balaban J connectivity index is 1.48. The summed E-state index contributed by atoms with van der Waals surface area (Å²) in [5, 5.41) is 7.16. The largest absolute Gasteiger partial charge is 0.370 e. The summed E-state index contributed by atoms with van der Waals surface area (Å²) in [6, 6.07) is 21.4. The summed E-state index contributed by atoms with van der Waals surface area (Å²) in [7, 11) is 0. The van der Waals surface area contributed by atoms with Crippen LogP contribution in [0.2, 0.25) is 0 Å². The van der Waals surface area contributed by atoms with Crippen LogP contribution in [0.1, 0.15) is 21.9 Å². The number of hydrogen-bond donors (Lipinski definition) is 2. The van der Waals surface area contributed by atoms with Gasteiger partial charge in [0.1, 0.15) is 17.3 Å². The van der Waals surface area contributed by atoms with Gasteiger partial charge in [-0.15, -0.1) is 0 Å². The molecule has 0 aliphatic rings. The molecule has 29 heavy (non-hydrogen) atoms. The van der Waals surface area contributed by atoms with Crippen LogP contribution in [-0.4, -0.2) is 27.4 Å². The number of aromatic nitrogens is 3. The third-order valence-electron chi connectivity index (χ3n) is 4.51. The molecule has 6 heteroatoms. The zero-order valence-electron chi connectivity index (χ0n) is 16.1. The van der Waals surface area contributed by atoms with E-state index in [-0.39, 0.29) is 5.91 Å². The Labute approximate surface area is 169 Å². The summed E-state index contributed by atoms with van der Waals surface area (Å²) in [6.07, 6.45) is 2.58. The molecule has 2 heterocycles. The average Bonchev–Trinajstić information content (AvgIpc) is 2.74. The van der Waals surface area contributed by atoms with Crippen LogP contribution in [0.3, 0.4) is 0 Å². The van der Waals surface area contributed by atoms with Crippen molar-refractivity contribution < 1.29 is 4.79 Å². The molecule has 0 unspecified atom stereocenters. The second-order valence-corrected chi connectivity index (χ2v) is 6.68. The second kappa shape index (κ2) is 8.48. The van der Waals surface area contributed by atoms with E-state index in [1.165, 1.54) is 5.56 Å². The number of rotatable bonds is 6. The number of para-hydroxylation sites is 1. The van der Waals surface area contributed by atoms with Gasteiger partial charge in [0, 0.05) is 24.2 Å². The number of carbonyl (C=O) groups excluding carboxylic acids is 1. The number of amides is 1. The SMILES string of the molecule is Cc1nc(NCCc2ccccc2)cc(C(=O)Nc2cccc3cccnc23)n1. The fraction of sp³-hybridized carbons (Fsp3) is 0.130. The van der Waals surface area contributed by atoms with Gasteiger partial charge in [0.05, 0.1) is 11.2 Å². The fourth-order valence-electron chi connectivity index (χ4n) is 3.15. The standard InChI is InChI=1S/C23H21N5O/c1-16-26-20(15-21(27-16)24-14-12-17-7-3-2-4-8-17)23(29)28-19-11-5-9-18-10-6-13-25-22(18)19/h2-11,13,15H,12,14H2,1H3,(H,28,29)(H,24,26,27). The number of anilines is 2. The van der Waals surface area contributed by atoms with Crippen LogP contribution in [0.15, 0.2) is 72.9 Å². The first-order valence-corrected chi connectivity index (χ1v) is 9.47. The highest BCUT2D eigenvalue weighted by Crippen LogP contribution is 2.21. The molecule has 0 radical (unpaired) electrons. The third-order valence-corrected chi connectivity index (χ3v) is 4.51. The van der Waals surface area contributed by atoms with E-state index in [4.69, 9.17) is 0 Å². The van der Waals surface area contributed by atoms with Crippen LogP contribution >= 0.6 is 0 Å². The van der Waals surface area contributed by atoms with E-state index < -0.39 is 0 Å². The Kier molecular flexibility index (Phi) is 5.42. The molecule has 4 aromatic rings. The van der Waals surface area contributed by atoms with Gasteiger partial charge in [-0.25, -0.2) is 9.97 Å². The molecule has 2 aromatic heterocycles. The summed E-state index contributed by atoms with van der Waals surface area (Å²) in [5.41, 5.74) is 2.96. The summed E-state index contributed by atoms with van der Waals surface area (Å²) >= 11 is 0. The molecule has 0 spiro atoms. The smallest absolute Gasteiger partial charge is 0.274 e. The minimum Gasteiger partial charge on any atom is -0.370 e. The molecule has 144 valence electrons. The highest BCUT2D eigenvalue weighted by molar-refractivity contribution is 6.07. The Morgan fingerprint density at radius 1 is 0.966 bits per heavy atom. The number of pyridine rings is 1. The number of fused-ring (bicyclic) bond motifs is 1. The van der Waals surface area contributed by atoms with Crippen molar-refractivity contribution in [2.45, 2.75) is 13.3 Å². The van der Waals surface area contributed by atoms with Gasteiger partial charge >= 0.3 is 0 Å². The van der Waals surface area contributed by atoms with Crippen molar-refractivity contribution in [3.63, 3.8) is 0 Å². The molecule has 4 rings (SSSR count). The van der Waals surface area contributed by atoms with Gasteiger partial charge in [-0.1, -0.05) is 48.5 Å². The van der Waals surface area contributed by atoms with Gasteiger partial charge in [-0.3, -0.25) is 9.78 Å². The van der Waals surface area contributed by atoms with E-state index in [9.17, 15) is 4.79 Å². The van der Waals surface area contributed by atoms with E-state index in [1.807, 2.05) is 48.5 Å².